The summed E-state index contributed by atoms with van der Waals surface area (Å²) >= 11 is 1.50. The Kier molecular flexibility index (Phi) is 5.41. The van der Waals surface area contributed by atoms with Crippen LogP contribution in [0.5, 0.6) is 0 Å². The van der Waals surface area contributed by atoms with Crippen LogP contribution in [0.25, 0.3) is 17.2 Å². The molecule has 0 aliphatic carbocycles. The quantitative estimate of drug-likeness (QED) is 0.759. The molecule has 0 radical (unpaired) electrons. The second-order valence-corrected chi connectivity index (χ2v) is 7.73. The van der Waals surface area contributed by atoms with Crippen molar-refractivity contribution in [1.29, 1.82) is 0 Å². The average molecular weight is 378 g/mol. The molecule has 138 valence electrons. The van der Waals surface area contributed by atoms with Crippen molar-refractivity contribution >= 4 is 28.9 Å². The Morgan fingerprint density at radius 2 is 1.63 bits per heavy atom. The molecule has 4 nitrogen and oxygen atoms in total. The number of rotatable bonds is 3. The van der Waals surface area contributed by atoms with Crippen LogP contribution >= 0.6 is 11.8 Å². The van der Waals surface area contributed by atoms with Crippen molar-refractivity contribution in [3.8, 4) is 11.1 Å². The van der Waals surface area contributed by atoms with Crippen LogP contribution in [0.2, 0.25) is 0 Å². The molecule has 2 aliphatic rings. The van der Waals surface area contributed by atoms with Gasteiger partial charge in [0.15, 0.2) is 5.17 Å². The minimum atomic E-state index is -0.125. The Labute approximate surface area is 164 Å². The normalized spacial score (nSPS) is 19.6. The molecule has 1 saturated heterocycles. The summed E-state index contributed by atoms with van der Waals surface area (Å²) in [6.07, 6.45) is 1.95. The van der Waals surface area contributed by atoms with Crippen molar-refractivity contribution in [3.05, 3.63) is 65.1 Å². The zero-order valence-electron chi connectivity index (χ0n) is 15.5. The summed E-state index contributed by atoms with van der Waals surface area (Å²) in [6.45, 7) is 7.20. The number of amidine groups is 1. The van der Waals surface area contributed by atoms with E-state index in [1.165, 1.54) is 22.9 Å². The van der Waals surface area contributed by atoms with Crippen LogP contribution in [0, 0.1) is 0 Å². The molecule has 0 unspecified atom stereocenters. The maximum Gasteiger partial charge on any atom is 0.286 e. The van der Waals surface area contributed by atoms with E-state index in [1.807, 2.05) is 24.3 Å². The van der Waals surface area contributed by atoms with E-state index < -0.39 is 0 Å². The highest BCUT2D eigenvalue weighted by Crippen LogP contribution is 2.31. The molecule has 5 heteroatoms. The lowest BCUT2D eigenvalue weighted by Crippen LogP contribution is -2.47. The molecule has 0 atom stereocenters. The first-order valence-electron chi connectivity index (χ1n) is 9.38. The van der Waals surface area contributed by atoms with Crippen molar-refractivity contribution in [2.45, 2.75) is 6.92 Å². The summed E-state index contributed by atoms with van der Waals surface area (Å²) in [5, 5.41) is 0.850. The van der Waals surface area contributed by atoms with E-state index in [2.05, 4.69) is 58.1 Å². The fourth-order valence-corrected chi connectivity index (χ4v) is 4.31. The van der Waals surface area contributed by atoms with E-state index >= 15 is 0 Å². The molecule has 4 rings (SSSR count). The van der Waals surface area contributed by atoms with Gasteiger partial charge in [-0.25, -0.2) is 0 Å². The Hall–Kier alpha value is -2.37. The maximum atomic E-state index is 12.3. The van der Waals surface area contributed by atoms with Crippen LogP contribution in [-0.4, -0.2) is 53.6 Å². The Morgan fingerprint density at radius 3 is 2.30 bits per heavy atom. The van der Waals surface area contributed by atoms with Gasteiger partial charge in [-0.2, -0.15) is 4.99 Å². The predicted octanol–water partition coefficient (Wildman–Crippen LogP) is 3.96. The van der Waals surface area contributed by atoms with Crippen LogP contribution in [0.1, 0.15) is 12.5 Å². The number of amides is 1. The molecular weight excluding hydrogens is 354 g/mol. The minimum Gasteiger partial charge on any atom is -0.348 e. The smallest absolute Gasteiger partial charge is 0.286 e. The Bertz CT molecular complexity index is 866. The number of likely N-dealkylation sites (N-methyl/N-ethyl adjacent to an activating group) is 1. The lowest BCUT2D eigenvalue weighted by Gasteiger charge is -2.34. The van der Waals surface area contributed by atoms with E-state index in [0.29, 0.717) is 4.91 Å². The van der Waals surface area contributed by atoms with E-state index in [4.69, 9.17) is 0 Å². The molecule has 2 aromatic rings. The molecule has 1 fully saturated rings. The van der Waals surface area contributed by atoms with Gasteiger partial charge >= 0.3 is 0 Å². The summed E-state index contributed by atoms with van der Waals surface area (Å²) in [7, 11) is 0. The van der Waals surface area contributed by atoms with Gasteiger partial charge < -0.3 is 9.80 Å². The van der Waals surface area contributed by atoms with Gasteiger partial charge in [0.25, 0.3) is 5.91 Å². The van der Waals surface area contributed by atoms with E-state index in [9.17, 15) is 4.79 Å². The first-order chi connectivity index (χ1) is 13.2. The number of benzene rings is 2. The van der Waals surface area contributed by atoms with Crippen LogP contribution in [0.15, 0.2) is 64.5 Å². The molecule has 0 bridgehead atoms. The minimum absolute atomic E-state index is 0.125. The van der Waals surface area contributed by atoms with Gasteiger partial charge in [0.2, 0.25) is 0 Å². The zero-order valence-corrected chi connectivity index (χ0v) is 16.3. The molecule has 2 aliphatic heterocycles. The van der Waals surface area contributed by atoms with Gasteiger partial charge in [-0.3, -0.25) is 4.79 Å². The molecule has 2 heterocycles. The van der Waals surface area contributed by atoms with Crippen molar-refractivity contribution in [2.24, 2.45) is 4.99 Å². The van der Waals surface area contributed by atoms with Crippen LogP contribution in [-0.2, 0) is 4.79 Å². The molecule has 27 heavy (non-hydrogen) atoms. The third-order valence-electron chi connectivity index (χ3n) is 5.01. The fraction of sp³-hybridized carbons (Fsp3) is 0.273. The number of carbonyl (C=O) groups is 1. The van der Waals surface area contributed by atoms with Crippen molar-refractivity contribution in [3.63, 3.8) is 0 Å². The highest BCUT2D eigenvalue weighted by atomic mass is 32.2. The molecule has 0 spiro atoms. The topological polar surface area (TPSA) is 35.9 Å². The predicted molar refractivity (Wildman–Crippen MR) is 114 cm³/mol. The largest absolute Gasteiger partial charge is 0.348 e. The number of piperazine rings is 1. The van der Waals surface area contributed by atoms with Crippen LogP contribution < -0.4 is 0 Å². The van der Waals surface area contributed by atoms with Gasteiger partial charge in [-0.1, -0.05) is 61.5 Å². The second-order valence-electron chi connectivity index (χ2n) is 6.72. The van der Waals surface area contributed by atoms with E-state index in [0.717, 1.165) is 43.5 Å². The summed E-state index contributed by atoms with van der Waals surface area (Å²) in [5.41, 5.74) is 3.39. The molecule has 0 saturated carbocycles. The zero-order chi connectivity index (χ0) is 18.6. The van der Waals surface area contributed by atoms with Crippen molar-refractivity contribution < 1.29 is 4.79 Å². The van der Waals surface area contributed by atoms with Crippen LogP contribution in [0.3, 0.4) is 0 Å². The molecule has 0 aromatic heterocycles. The van der Waals surface area contributed by atoms with Crippen molar-refractivity contribution in [1.82, 2.24) is 9.80 Å². The first kappa shape index (κ1) is 18.0. The van der Waals surface area contributed by atoms with Crippen LogP contribution in [0.4, 0.5) is 0 Å². The highest BCUT2D eigenvalue weighted by Gasteiger charge is 2.28. The average Bonchev–Trinajstić information content (AvgIpc) is 3.09. The third-order valence-corrected chi connectivity index (χ3v) is 6.06. The lowest BCUT2D eigenvalue weighted by atomic mass is 10.0. The molecule has 2 aromatic carbocycles. The van der Waals surface area contributed by atoms with Crippen molar-refractivity contribution in [2.75, 3.05) is 32.7 Å². The van der Waals surface area contributed by atoms with E-state index in [-0.39, 0.29) is 5.91 Å². The summed E-state index contributed by atoms with van der Waals surface area (Å²) in [4.78, 5) is 22.0. The van der Waals surface area contributed by atoms with Gasteiger partial charge in [-0.05, 0) is 41.1 Å². The second kappa shape index (κ2) is 8.11. The number of aliphatic imine (C=N–C) groups is 1. The third kappa shape index (κ3) is 4.15. The molecular formula is C22H23N3OS. The monoisotopic (exact) mass is 377 g/mol. The Balaban J connectivity index is 1.44. The van der Waals surface area contributed by atoms with Gasteiger partial charge in [0, 0.05) is 26.2 Å². The highest BCUT2D eigenvalue weighted by molar-refractivity contribution is 8.18. The standard InChI is InChI=1S/C22H23N3OS/c1-2-24-12-14-25(15-13-24)22-23-21(26)20(27-22)16-17-8-10-19(11-9-17)18-6-4-3-5-7-18/h3-11,16H,2,12-15H2,1H3. The Morgan fingerprint density at radius 1 is 0.963 bits per heavy atom. The molecule has 0 N–H and O–H groups in total. The van der Waals surface area contributed by atoms with Gasteiger partial charge in [-0.15, -0.1) is 0 Å². The number of carbonyl (C=O) groups excluding carboxylic acids is 1. The first-order valence-corrected chi connectivity index (χ1v) is 10.2. The van der Waals surface area contributed by atoms with Gasteiger partial charge in [0.1, 0.15) is 0 Å². The van der Waals surface area contributed by atoms with E-state index in [1.54, 1.807) is 0 Å². The summed E-state index contributed by atoms with van der Waals surface area (Å²) in [5.74, 6) is -0.125. The summed E-state index contributed by atoms with van der Waals surface area (Å²) < 4.78 is 0. The summed E-state index contributed by atoms with van der Waals surface area (Å²) in [6, 6.07) is 18.6. The number of hydrogen-bond acceptors (Lipinski definition) is 4. The van der Waals surface area contributed by atoms with Gasteiger partial charge in [0.05, 0.1) is 4.91 Å². The number of nitrogens with zero attached hydrogens (tertiary/aromatic N) is 3. The maximum absolute atomic E-state index is 12.3. The number of hydrogen-bond donors (Lipinski definition) is 0. The number of thioether (sulfide) groups is 1. The lowest BCUT2D eigenvalue weighted by molar-refractivity contribution is -0.113. The fourth-order valence-electron chi connectivity index (χ4n) is 3.34. The SMILES string of the molecule is CCN1CCN(C2=NC(=O)C(=Cc3ccc(-c4ccccc4)cc3)S2)CC1. The molecule has 1 amide bonds.